The topological polar surface area (TPSA) is 111 Å². The minimum Gasteiger partial charge on any atom is -0.454 e. The first-order chi connectivity index (χ1) is 14.0. The number of nitrogens with two attached hydrogens (primary N) is 1. The summed E-state index contributed by atoms with van der Waals surface area (Å²) in [5.74, 6) is -0.366. The van der Waals surface area contributed by atoms with Crippen LogP contribution in [0.3, 0.4) is 0 Å². The van der Waals surface area contributed by atoms with Crippen LogP contribution in [0.4, 0.5) is 5.69 Å². The van der Waals surface area contributed by atoms with Crippen LogP contribution >= 0.6 is 22.9 Å². The number of rotatable bonds is 4. The molecule has 0 atom stereocenters. The Morgan fingerprint density at radius 1 is 1.38 bits per heavy atom. The molecule has 2 heterocycles. The highest BCUT2D eigenvalue weighted by atomic mass is 35.5. The van der Waals surface area contributed by atoms with Crippen molar-refractivity contribution in [2.75, 3.05) is 5.73 Å². The Morgan fingerprint density at radius 2 is 2.17 bits per heavy atom. The lowest BCUT2D eigenvalue weighted by Gasteiger charge is -2.12. The van der Waals surface area contributed by atoms with Crippen LogP contribution in [0.5, 0.6) is 0 Å². The van der Waals surface area contributed by atoms with Crippen molar-refractivity contribution < 1.29 is 9.53 Å². The molecule has 1 aliphatic rings. The van der Waals surface area contributed by atoms with Crippen LogP contribution in [0.15, 0.2) is 23.0 Å². The Morgan fingerprint density at radius 3 is 2.93 bits per heavy atom. The Hall–Kier alpha value is -2.89. The van der Waals surface area contributed by atoms with E-state index < -0.39 is 5.97 Å². The first-order valence-electron chi connectivity index (χ1n) is 9.12. The van der Waals surface area contributed by atoms with Crippen molar-refractivity contribution in [1.29, 1.82) is 5.26 Å². The summed E-state index contributed by atoms with van der Waals surface area (Å²) < 4.78 is 6.62. The predicted molar refractivity (Wildman–Crippen MR) is 111 cm³/mol. The molecule has 1 aromatic carbocycles. The molecular weight excluding hydrogens is 412 g/mol. The molecule has 0 spiro atoms. The molecule has 0 saturated heterocycles. The van der Waals surface area contributed by atoms with Crippen LogP contribution in [0.1, 0.15) is 39.5 Å². The SMILES string of the molecule is N#CCn1c(COC(=O)c2ccc(Cl)c(N)c2)nc2sc3c(c2c1=O)CCCC3. The number of anilines is 1. The summed E-state index contributed by atoms with van der Waals surface area (Å²) >= 11 is 7.39. The molecule has 0 aliphatic heterocycles. The molecule has 0 unspecified atom stereocenters. The number of ether oxygens (including phenoxy) is 1. The fourth-order valence-corrected chi connectivity index (χ4v) is 4.90. The van der Waals surface area contributed by atoms with Gasteiger partial charge in [-0.15, -0.1) is 11.3 Å². The number of nitrogen functional groups attached to an aromatic ring is 1. The van der Waals surface area contributed by atoms with Crippen LogP contribution < -0.4 is 11.3 Å². The fourth-order valence-electron chi connectivity index (χ4n) is 3.51. The highest BCUT2D eigenvalue weighted by Crippen LogP contribution is 2.33. The van der Waals surface area contributed by atoms with Crippen molar-refractivity contribution in [3.63, 3.8) is 0 Å². The van der Waals surface area contributed by atoms with Gasteiger partial charge in [-0.25, -0.2) is 9.78 Å². The molecule has 9 heteroatoms. The summed E-state index contributed by atoms with van der Waals surface area (Å²) in [6, 6.07) is 6.44. The van der Waals surface area contributed by atoms with Crippen molar-refractivity contribution in [2.45, 2.75) is 38.8 Å². The maximum atomic E-state index is 13.1. The van der Waals surface area contributed by atoms with Crippen LogP contribution in [0, 0.1) is 11.3 Å². The van der Waals surface area contributed by atoms with E-state index in [-0.39, 0.29) is 35.8 Å². The van der Waals surface area contributed by atoms with E-state index in [9.17, 15) is 14.9 Å². The first kappa shape index (κ1) is 19.4. The van der Waals surface area contributed by atoms with Crippen molar-refractivity contribution in [1.82, 2.24) is 9.55 Å². The van der Waals surface area contributed by atoms with Gasteiger partial charge in [0.1, 0.15) is 18.0 Å². The smallest absolute Gasteiger partial charge is 0.338 e. The minimum absolute atomic E-state index is 0.160. The quantitative estimate of drug-likeness (QED) is 0.503. The number of nitriles is 1. The van der Waals surface area contributed by atoms with Crippen LogP contribution in [0.2, 0.25) is 5.02 Å². The monoisotopic (exact) mass is 428 g/mol. The molecule has 0 bridgehead atoms. The number of benzene rings is 1. The average Bonchev–Trinajstić information content (AvgIpc) is 3.09. The number of halogens is 1. The molecule has 2 N–H and O–H groups in total. The standard InChI is InChI=1S/C20H17ClN4O3S/c21-13-6-5-11(9-14(13)23)20(27)28-10-16-24-18-17(19(26)25(16)8-7-22)12-3-1-2-4-15(12)29-18/h5-6,9H,1-4,8,10,23H2. The highest BCUT2D eigenvalue weighted by molar-refractivity contribution is 7.18. The molecule has 4 rings (SSSR count). The lowest BCUT2D eigenvalue weighted by molar-refractivity contribution is 0.0457. The van der Waals surface area contributed by atoms with Crippen molar-refractivity contribution in [3.05, 3.63) is 55.4 Å². The second kappa shape index (κ2) is 7.85. The van der Waals surface area contributed by atoms with Gasteiger partial charge in [-0.1, -0.05) is 11.6 Å². The number of hydrogen-bond acceptors (Lipinski definition) is 7. The molecule has 148 valence electrons. The van der Waals surface area contributed by atoms with Gasteiger partial charge in [-0.05, 0) is 49.4 Å². The number of hydrogen-bond donors (Lipinski definition) is 1. The summed E-state index contributed by atoms with van der Waals surface area (Å²) in [4.78, 5) is 31.8. The number of aromatic nitrogens is 2. The molecular formula is C20H17ClN4O3S. The van der Waals surface area contributed by atoms with E-state index in [1.165, 1.54) is 39.0 Å². The van der Waals surface area contributed by atoms with Gasteiger partial charge < -0.3 is 10.5 Å². The third-order valence-electron chi connectivity index (χ3n) is 4.95. The van der Waals surface area contributed by atoms with Crippen molar-refractivity contribution in [2.24, 2.45) is 0 Å². The summed E-state index contributed by atoms with van der Waals surface area (Å²) in [7, 11) is 0. The van der Waals surface area contributed by atoms with Crippen LogP contribution in [-0.4, -0.2) is 15.5 Å². The van der Waals surface area contributed by atoms with Gasteiger partial charge >= 0.3 is 5.97 Å². The molecule has 7 nitrogen and oxygen atoms in total. The molecule has 0 saturated carbocycles. The number of carbonyl (C=O) groups excluding carboxylic acids is 1. The first-order valence-corrected chi connectivity index (χ1v) is 10.3. The largest absolute Gasteiger partial charge is 0.454 e. The molecule has 1 aliphatic carbocycles. The number of esters is 1. The maximum absolute atomic E-state index is 13.1. The fraction of sp³-hybridized carbons (Fsp3) is 0.300. The van der Waals surface area contributed by atoms with Crippen LogP contribution in [0.25, 0.3) is 10.2 Å². The number of thiophene rings is 1. The summed E-state index contributed by atoms with van der Waals surface area (Å²) in [6.07, 6.45) is 3.93. The van der Waals surface area contributed by atoms with E-state index in [1.807, 2.05) is 6.07 Å². The lowest BCUT2D eigenvalue weighted by atomic mass is 9.97. The van der Waals surface area contributed by atoms with Crippen LogP contribution in [-0.2, 0) is 30.7 Å². The number of nitrogens with zero attached hydrogens (tertiary/aromatic N) is 3. The second-order valence-electron chi connectivity index (χ2n) is 6.78. The van der Waals surface area contributed by atoms with E-state index in [4.69, 9.17) is 22.1 Å². The van der Waals surface area contributed by atoms with Crippen molar-refractivity contribution >= 4 is 44.8 Å². The van der Waals surface area contributed by atoms with E-state index in [1.54, 1.807) is 0 Å². The molecule has 2 aromatic heterocycles. The summed E-state index contributed by atoms with van der Waals surface area (Å²) in [5.41, 5.74) is 7.05. The Kier molecular flexibility index (Phi) is 5.26. The highest BCUT2D eigenvalue weighted by Gasteiger charge is 2.22. The molecule has 29 heavy (non-hydrogen) atoms. The third-order valence-corrected chi connectivity index (χ3v) is 6.48. The Balaban J connectivity index is 1.68. The molecule has 0 radical (unpaired) electrons. The summed E-state index contributed by atoms with van der Waals surface area (Å²) in [6.45, 7) is -0.385. The van der Waals surface area contributed by atoms with Gasteiger partial charge in [0.2, 0.25) is 0 Å². The third kappa shape index (κ3) is 3.59. The number of aryl methyl sites for hydroxylation is 2. The van der Waals surface area contributed by atoms with Gasteiger partial charge in [-0.2, -0.15) is 5.26 Å². The van der Waals surface area contributed by atoms with Gasteiger partial charge in [0.25, 0.3) is 5.56 Å². The van der Waals surface area contributed by atoms with Gasteiger partial charge in [-0.3, -0.25) is 9.36 Å². The van der Waals surface area contributed by atoms with Gasteiger partial charge in [0.05, 0.1) is 27.7 Å². The minimum atomic E-state index is -0.614. The number of fused-ring (bicyclic) bond motifs is 3. The summed E-state index contributed by atoms with van der Waals surface area (Å²) in [5, 5.41) is 10.1. The van der Waals surface area contributed by atoms with Gasteiger partial charge in [0.15, 0.2) is 5.82 Å². The average molecular weight is 429 g/mol. The van der Waals surface area contributed by atoms with E-state index in [2.05, 4.69) is 4.98 Å². The zero-order valence-corrected chi connectivity index (χ0v) is 17.0. The zero-order chi connectivity index (χ0) is 20.5. The van der Waals surface area contributed by atoms with Gasteiger partial charge in [0, 0.05) is 4.88 Å². The predicted octanol–water partition coefficient (Wildman–Crippen LogP) is 3.45. The second-order valence-corrected chi connectivity index (χ2v) is 8.27. The number of carbonyl (C=O) groups is 1. The van der Waals surface area contributed by atoms with Crippen molar-refractivity contribution in [3.8, 4) is 6.07 Å². The molecule has 3 aromatic rings. The Bertz CT molecular complexity index is 1230. The van der Waals surface area contributed by atoms with E-state index in [0.29, 0.717) is 15.2 Å². The Labute approximate surface area is 175 Å². The zero-order valence-electron chi connectivity index (χ0n) is 15.4. The molecule has 0 fully saturated rings. The lowest BCUT2D eigenvalue weighted by Crippen LogP contribution is -2.26. The maximum Gasteiger partial charge on any atom is 0.338 e. The van der Waals surface area contributed by atoms with E-state index >= 15 is 0 Å². The van der Waals surface area contributed by atoms with E-state index in [0.717, 1.165) is 31.2 Å². The normalized spacial score (nSPS) is 13.1. The molecule has 0 amide bonds.